The van der Waals surface area contributed by atoms with Gasteiger partial charge in [0.2, 0.25) is 0 Å². The molecule has 0 bridgehead atoms. The number of rotatable bonds is 5. The molecule has 0 radical (unpaired) electrons. The molecule has 3 nitrogen and oxygen atoms in total. The second kappa shape index (κ2) is 7.63. The molecule has 6 heteroatoms. The molecule has 1 amide bonds. The highest BCUT2D eigenvalue weighted by Gasteiger charge is 2.13. The van der Waals surface area contributed by atoms with Crippen molar-refractivity contribution in [1.29, 1.82) is 0 Å². The Morgan fingerprint density at radius 2 is 2.00 bits per heavy atom. The first-order valence-electron chi connectivity index (χ1n) is 6.56. The van der Waals surface area contributed by atoms with E-state index in [1.54, 1.807) is 11.8 Å². The number of carbonyl (C=O) groups excluding carboxylic acids is 1. The third kappa shape index (κ3) is 4.22. The van der Waals surface area contributed by atoms with Gasteiger partial charge in [-0.15, -0.1) is 11.8 Å². The molecular formula is C16H15ClFNO2S. The molecule has 0 aliphatic carbocycles. The van der Waals surface area contributed by atoms with E-state index in [0.717, 1.165) is 11.0 Å². The maximum absolute atomic E-state index is 13.0. The monoisotopic (exact) mass is 339 g/mol. The Balaban J connectivity index is 1.97. The van der Waals surface area contributed by atoms with Crippen LogP contribution in [0.2, 0.25) is 5.02 Å². The molecule has 0 fully saturated rings. The van der Waals surface area contributed by atoms with E-state index in [2.05, 4.69) is 5.32 Å². The first-order chi connectivity index (χ1) is 10.5. The van der Waals surface area contributed by atoms with Crippen molar-refractivity contribution in [2.45, 2.75) is 11.0 Å². The van der Waals surface area contributed by atoms with Gasteiger partial charge in [-0.2, -0.15) is 0 Å². The zero-order valence-corrected chi connectivity index (χ0v) is 13.4. The second-order valence-electron chi connectivity index (χ2n) is 4.62. The van der Waals surface area contributed by atoms with Gasteiger partial charge in [0.1, 0.15) is 5.82 Å². The molecule has 2 aromatic carbocycles. The zero-order valence-electron chi connectivity index (χ0n) is 11.8. The number of hydrogen-bond acceptors (Lipinski definition) is 3. The maximum Gasteiger partial charge on any atom is 0.252 e. The molecule has 0 aliphatic rings. The average molecular weight is 340 g/mol. The van der Waals surface area contributed by atoms with E-state index < -0.39 is 17.8 Å². The molecule has 0 spiro atoms. The van der Waals surface area contributed by atoms with Crippen LogP contribution in [-0.2, 0) is 0 Å². The van der Waals surface area contributed by atoms with Gasteiger partial charge >= 0.3 is 0 Å². The summed E-state index contributed by atoms with van der Waals surface area (Å²) in [6, 6.07) is 11.0. The van der Waals surface area contributed by atoms with Gasteiger partial charge in [0, 0.05) is 11.4 Å². The summed E-state index contributed by atoms with van der Waals surface area (Å²) in [5.41, 5.74) is 0.885. The fourth-order valence-corrected chi connectivity index (χ4v) is 2.56. The Morgan fingerprint density at radius 1 is 1.32 bits per heavy atom. The molecule has 22 heavy (non-hydrogen) atoms. The first kappa shape index (κ1) is 16.8. The van der Waals surface area contributed by atoms with Crippen molar-refractivity contribution in [2.24, 2.45) is 0 Å². The van der Waals surface area contributed by atoms with Crippen LogP contribution in [0.25, 0.3) is 0 Å². The number of carbonyl (C=O) groups is 1. The van der Waals surface area contributed by atoms with Crippen molar-refractivity contribution in [3.05, 3.63) is 64.4 Å². The third-order valence-corrected chi connectivity index (χ3v) is 4.19. The van der Waals surface area contributed by atoms with Crippen molar-refractivity contribution >= 4 is 29.3 Å². The maximum atomic E-state index is 13.0. The Hall–Kier alpha value is -1.56. The van der Waals surface area contributed by atoms with Crippen molar-refractivity contribution in [3.8, 4) is 0 Å². The molecule has 2 N–H and O–H groups in total. The molecule has 0 aromatic heterocycles. The van der Waals surface area contributed by atoms with Crippen LogP contribution in [0.3, 0.4) is 0 Å². The number of aliphatic hydroxyl groups is 1. The Bertz CT molecular complexity index is 664. The average Bonchev–Trinajstić information content (AvgIpc) is 2.52. The van der Waals surface area contributed by atoms with Crippen LogP contribution in [0, 0.1) is 5.82 Å². The minimum absolute atomic E-state index is 0.0383. The van der Waals surface area contributed by atoms with Crippen molar-refractivity contribution in [2.75, 3.05) is 12.8 Å². The van der Waals surface area contributed by atoms with Crippen LogP contribution in [0.1, 0.15) is 22.0 Å². The van der Waals surface area contributed by atoms with E-state index >= 15 is 0 Å². The summed E-state index contributed by atoms with van der Waals surface area (Å²) in [5, 5.41) is 12.7. The molecule has 0 aliphatic heterocycles. The molecule has 2 aromatic rings. The van der Waals surface area contributed by atoms with Crippen LogP contribution in [0.5, 0.6) is 0 Å². The van der Waals surface area contributed by atoms with E-state index in [-0.39, 0.29) is 17.1 Å². The largest absolute Gasteiger partial charge is 0.387 e. The summed E-state index contributed by atoms with van der Waals surface area (Å²) in [4.78, 5) is 13.1. The summed E-state index contributed by atoms with van der Waals surface area (Å²) < 4.78 is 13.0. The van der Waals surface area contributed by atoms with E-state index in [1.165, 1.54) is 12.1 Å². The third-order valence-electron chi connectivity index (χ3n) is 3.13. The van der Waals surface area contributed by atoms with Crippen LogP contribution in [-0.4, -0.2) is 23.8 Å². The zero-order chi connectivity index (χ0) is 16.1. The lowest BCUT2D eigenvalue weighted by molar-refractivity contribution is 0.0916. The quantitative estimate of drug-likeness (QED) is 0.817. The summed E-state index contributed by atoms with van der Waals surface area (Å²) in [5.74, 6) is -0.958. The van der Waals surface area contributed by atoms with E-state index in [0.29, 0.717) is 5.56 Å². The normalized spacial score (nSPS) is 12.0. The van der Waals surface area contributed by atoms with Crippen LogP contribution >= 0.6 is 23.4 Å². The summed E-state index contributed by atoms with van der Waals surface area (Å²) in [7, 11) is 0. The number of aliphatic hydroxyl groups excluding tert-OH is 1. The number of benzene rings is 2. The van der Waals surface area contributed by atoms with Gasteiger partial charge in [0.05, 0.1) is 16.7 Å². The number of halogens is 2. The number of amides is 1. The molecule has 116 valence electrons. The van der Waals surface area contributed by atoms with E-state index in [4.69, 9.17) is 11.6 Å². The van der Waals surface area contributed by atoms with Crippen molar-refractivity contribution in [1.82, 2.24) is 5.32 Å². The molecular weight excluding hydrogens is 325 g/mol. The fourth-order valence-electron chi connectivity index (χ4n) is 1.90. The highest BCUT2D eigenvalue weighted by atomic mass is 35.5. The Kier molecular flexibility index (Phi) is 5.83. The number of thioether (sulfide) groups is 1. The highest BCUT2D eigenvalue weighted by Crippen LogP contribution is 2.20. The minimum Gasteiger partial charge on any atom is -0.387 e. The molecule has 0 heterocycles. The van der Waals surface area contributed by atoms with E-state index in [9.17, 15) is 14.3 Å². The van der Waals surface area contributed by atoms with Gasteiger partial charge in [-0.3, -0.25) is 4.79 Å². The Labute approximate surface area is 137 Å². The number of nitrogens with one attached hydrogen (secondary N) is 1. The second-order valence-corrected chi connectivity index (χ2v) is 5.91. The van der Waals surface area contributed by atoms with Gasteiger partial charge in [0.15, 0.2) is 0 Å². The van der Waals surface area contributed by atoms with Crippen molar-refractivity contribution in [3.63, 3.8) is 0 Å². The summed E-state index contributed by atoms with van der Waals surface area (Å²) in [6.07, 6.45) is 1.15. The van der Waals surface area contributed by atoms with Crippen molar-refractivity contribution < 1.29 is 14.3 Å². The predicted molar refractivity (Wildman–Crippen MR) is 86.9 cm³/mol. The molecule has 0 saturated heterocycles. The van der Waals surface area contributed by atoms with Gasteiger partial charge in [-0.25, -0.2) is 4.39 Å². The summed E-state index contributed by atoms with van der Waals surface area (Å²) >= 11 is 7.44. The topological polar surface area (TPSA) is 49.3 Å². The van der Waals surface area contributed by atoms with Crippen LogP contribution < -0.4 is 5.32 Å². The van der Waals surface area contributed by atoms with Crippen LogP contribution in [0.4, 0.5) is 4.39 Å². The Morgan fingerprint density at radius 3 is 2.59 bits per heavy atom. The first-order valence-corrected chi connectivity index (χ1v) is 8.17. The molecule has 1 atom stereocenters. The van der Waals surface area contributed by atoms with Gasteiger partial charge in [-0.05, 0) is 42.2 Å². The smallest absolute Gasteiger partial charge is 0.252 e. The summed E-state index contributed by atoms with van der Waals surface area (Å²) in [6.45, 7) is 0.0468. The van der Waals surface area contributed by atoms with Gasteiger partial charge < -0.3 is 10.4 Å². The van der Waals surface area contributed by atoms with E-state index in [1.807, 2.05) is 30.5 Å². The molecule has 2 rings (SSSR count). The lowest BCUT2D eigenvalue weighted by Gasteiger charge is -2.13. The van der Waals surface area contributed by atoms with Gasteiger partial charge in [0.25, 0.3) is 5.91 Å². The molecule has 0 saturated carbocycles. The van der Waals surface area contributed by atoms with Crippen LogP contribution in [0.15, 0.2) is 47.4 Å². The lowest BCUT2D eigenvalue weighted by Crippen LogP contribution is -2.28. The minimum atomic E-state index is -0.820. The SMILES string of the molecule is CSc1ccc([C@@H](O)CNC(=O)c2ccc(F)cc2Cl)cc1. The fraction of sp³-hybridized carbons (Fsp3) is 0.188. The lowest BCUT2D eigenvalue weighted by atomic mass is 10.1. The van der Waals surface area contributed by atoms with Gasteiger partial charge in [-0.1, -0.05) is 23.7 Å². The number of hydrogen-bond donors (Lipinski definition) is 2. The predicted octanol–water partition coefficient (Wildman–Crippen LogP) is 3.66. The molecule has 0 unspecified atom stereocenters. The highest BCUT2D eigenvalue weighted by molar-refractivity contribution is 7.98. The standard InChI is InChI=1S/C16H15ClFNO2S/c1-22-12-5-2-10(3-6-12)15(20)9-19-16(21)13-7-4-11(18)8-14(13)17/h2-8,15,20H,9H2,1H3,(H,19,21)/t15-/m0/s1.